The average molecular weight is 253 g/mol. The summed E-state index contributed by atoms with van der Waals surface area (Å²) in [7, 11) is 0. The SMILES string of the molecule is C[C@@]12C=CC=C1C1=CCC3CCCC4NC(C2)[C@@H]1[C@H]34. The van der Waals surface area contributed by atoms with E-state index < -0.39 is 0 Å². The van der Waals surface area contributed by atoms with Crippen LogP contribution in [0.15, 0.2) is 35.5 Å². The molecule has 0 aromatic rings. The molecule has 2 saturated carbocycles. The van der Waals surface area contributed by atoms with E-state index in [2.05, 4.69) is 36.5 Å². The number of nitrogens with one attached hydrogen (secondary N) is 1. The summed E-state index contributed by atoms with van der Waals surface area (Å²) in [6, 6.07) is 1.57. The van der Waals surface area contributed by atoms with Gasteiger partial charge in [0.25, 0.3) is 0 Å². The average Bonchev–Trinajstić information content (AvgIpc) is 2.95. The number of allylic oxidation sites excluding steroid dienone is 5. The summed E-state index contributed by atoms with van der Waals surface area (Å²) >= 11 is 0. The van der Waals surface area contributed by atoms with E-state index in [0.29, 0.717) is 5.41 Å². The van der Waals surface area contributed by atoms with Gasteiger partial charge in [0.05, 0.1) is 0 Å². The molecule has 4 aliphatic carbocycles. The molecule has 1 nitrogen and oxygen atoms in total. The highest BCUT2D eigenvalue weighted by atomic mass is 15.0. The van der Waals surface area contributed by atoms with Gasteiger partial charge in [-0.1, -0.05) is 37.6 Å². The Morgan fingerprint density at radius 1 is 1.26 bits per heavy atom. The van der Waals surface area contributed by atoms with E-state index in [1.54, 1.807) is 11.1 Å². The van der Waals surface area contributed by atoms with Crippen LogP contribution < -0.4 is 5.32 Å². The zero-order chi connectivity index (χ0) is 12.6. The zero-order valence-electron chi connectivity index (χ0n) is 11.7. The smallest absolute Gasteiger partial charge is 0.0153 e. The van der Waals surface area contributed by atoms with Crippen molar-refractivity contribution in [1.82, 2.24) is 5.32 Å². The minimum absolute atomic E-state index is 0.320. The molecule has 0 spiro atoms. The Kier molecular flexibility index (Phi) is 1.97. The molecule has 1 aliphatic heterocycles. The normalized spacial score (nSPS) is 53.4. The summed E-state index contributed by atoms with van der Waals surface area (Å²) < 4.78 is 0. The molecule has 0 radical (unpaired) electrons. The fourth-order valence-corrected chi connectivity index (χ4v) is 5.98. The third-order valence-electron chi connectivity index (χ3n) is 6.67. The Bertz CT molecular complexity index is 526. The van der Waals surface area contributed by atoms with Crippen LogP contribution in [-0.4, -0.2) is 12.1 Å². The molecule has 100 valence electrons. The van der Waals surface area contributed by atoms with Gasteiger partial charge in [0.1, 0.15) is 0 Å². The molecule has 1 heteroatoms. The molecule has 1 N–H and O–H groups in total. The molecule has 0 aromatic heterocycles. The first-order chi connectivity index (χ1) is 9.26. The summed E-state index contributed by atoms with van der Waals surface area (Å²) in [5.41, 5.74) is 3.70. The van der Waals surface area contributed by atoms with Gasteiger partial charge in [-0.25, -0.2) is 0 Å². The molecule has 3 unspecified atom stereocenters. The predicted molar refractivity (Wildman–Crippen MR) is 77.7 cm³/mol. The van der Waals surface area contributed by atoms with Crippen molar-refractivity contribution < 1.29 is 0 Å². The van der Waals surface area contributed by atoms with Crippen molar-refractivity contribution in [2.45, 2.75) is 51.1 Å². The fourth-order valence-electron chi connectivity index (χ4n) is 5.98. The third-order valence-corrected chi connectivity index (χ3v) is 6.67. The Labute approximate surface area is 115 Å². The van der Waals surface area contributed by atoms with Gasteiger partial charge in [-0.2, -0.15) is 0 Å². The second kappa shape index (κ2) is 3.44. The van der Waals surface area contributed by atoms with Crippen LogP contribution in [0, 0.1) is 23.2 Å². The van der Waals surface area contributed by atoms with Crippen LogP contribution in [0.2, 0.25) is 0 Å². The topological polar surface area (TPSA) is 12.0 Å². The van der Waals surface area contributed by atoms with Crippen LogP contribution in [0.1, 0.15) is 39.0 Å². The maximum atomic E-state index is 4.03. The van der Waals surface area contributed by atoms with Gasteiger partial charge in [0, 0.05) is 23.4 Å². The van der Waals surface area contributed by atoms with Crippen LogP contribution in [0.3, 0.4) is 0 Å². The largest absolute Gasteiger partial charge is 0.310 e. The molecule has 1 heterocycles. The van der Waals surface area contributed by atoms with E-state index in [1.165, 1.54) is 32.1 Å². The van der Waals surface area contributed by atoms with Crippen LogP contribution in [0.25, 0.3) is 0 Å². The van der Waals surface area contributed by atoms with Crippen molar-refractivity contribution in [2.24, 2.45) is 23.2 Å². The van der Waals surface area contributed by atoms with Gasteiger partial charge in [-0.3, -0.25) is 0 Å². The molecule has 3 fully saturated rings. The molecule has 6 atom stereocenters. The third kappa shape index (κ3) is 1.25. The highest BCUT2D eigenvalue weighted by molar-refractivity contribution is 5.52. The van der Waals surface area contributed by atoms with E-state index >= 15 is 0 Å². The number of fused-ring (bicyclic) bond motifs is 2. The van der Waals surface area contributed by atoms with Crippen LogP contribution in [0.4, 0.5) is 0 Å². The van der Waals surface area contributed by atoms with Crippen LogP contribution in [0.5, 0.6) is 0 Å². The quantitative estimate of drug-likeness (QED) is 0.695. The van der Waals surface area contributed by atoms with Gasteiger partial charge < -0.3 is 5.32 Å². The molecular weight excluding hydrogens is 230 g/mol. The molecule has 0 aromatic carbocycles. The van der Waals surface area contributed by atoms with Crippen LogP contribution in [-0.2, 0) is 0 Å². The summed E-state index contributed by atoms with van der Waals surface area (Å²) in [6.07, 6.45) is 16.8. The summed E-state index contributed by atoms with van der Waals surface area (Å²) in [5, 5.41) is 4.03. The predicted octanol–water partition coefficient (Wildman–Crippen LogP) is 3.60. The fraction of sp³-hybridized carbons (Fsp3) is 0.667. The highest BCUT2D eigenvalue weighted by Crippen LogP contribution is 2.59. The summed E-state index contributed by atoms with van der Waals surface area (Å²) in [5.74, 6) is 2.76. The molecule has 19 heavy (non-hydrogen) atoms. The van der Waals surface area contributed by atoms with E-state index in [9.17, 15) is 0 Å². The van der Waals surface area contributed by atoms with Crippen molar-refractivity contribution in [3.63, 3.8) is 0 Å². The van der Waals surface area contributed by atoms with E-state index in [0.717, 1.165) is 29.8 Å². The van der Waals surface area contributed by atoms with Crippen molar-refractivity contribution in [3.8, 4) is 0 Å². The molecular formula is C18H23N. The summed E-state index contributed by atoms with van der Waals surface area (Å²) in [6.45, 7) is 2.44. The molecule has 5 aliphatic rings. The Balaban J connectivity index is 1.65. The van der Waals surface area contributed by atoms with Gasteiger partial charge >= 0.3 is 0 Å². The maximum absolute atomic E-state index is 4.03. The number of rotatable bonds is 0. The minimum atomic E-state index is 0.320. The van der Waals surface area contributed by atoms with Crippen molar-refractivity contribution in [1.29, 1.82) is 0 Å². The lowest BCUT2D eigenvalue weighted by molar-refractivity contribution is 0.169. The lowest BCUT2D eigenvalue weighted by atomic mass is 9.57. The minimum Gasteiger partial charge on any atom is -0.310 e. The van der Waals surface area contributed by atoms with Gasteiger partial charge in [-0.05, 0) is 48.7 Å². The van der Waals surface area contributed by atoms with E-state index in [-0.39, 0.29) is 0 Å². The second-order valence-corrected chi connectivity index (χ2v) is 7.63. The molecule has 0 bridgehead atoms. The van der Waals surface area contributed by atoms with Gasteiger partial charge in [0.15, 0.2) is 0 Å². The number of hydrogen-bond donors (Lipinski definition) is 1. The Hall–Kier alpha value is -0.820. The monoisotopic (exact) mass is 253 g/mol. The Morgan fingerprint density at radius 3 is 3.16 bits per heavy atom. The van der Waals surface area contributed by atoms with E-state index in [4.69, 9.17) is 0 Å². The summed E-state index contributed by atoms with van der Waals surface area (Å²) in [4.78, 5) is 0. The lowest BCUT2D eigenvalue weighted by Crippen LogP contribution is -2.42. The molecule has 5 rings (SSSR count). The molecule has 0 amide bonds. The van der Waals surface area contributed by atoms with Crippen molar-refractivity contribution >= 4 is 0 Å². The lowest BCUT2D eigenvalue weighted by Gasteiger charge is -2.47. The standard InChI is InChI=1S/C18H23N/c1-18-9-3-5-13(18)12-8-7-11-4-2-6-14-16(11)17(12)15(10-18)19-14/h3,5,8-9,11,14-17,19H,2,4,6-7,10H2,1H3/t11?,14?,15?,16-,17-,18+/m1/s1. The van der Waals surface area contributed by atoms with Crippen LogP contribution >= 0.6 is 0 Å². The van der Waals surface area contributed by atoms with E-state index in [1.807, 2.05) is 0 Å². The Morgan fingerprint density at radius 2 is 2.21 bits per heavy atom. The van der Waals surface area contributed by atoms with Gasteiger partial charge in [-0.15, -0.1) is 0 Å². The zero-order valence-corrected chi connectivity index (χ0v) is 11.7. The first-order valence-corrected chi connectivity index (χ1v) is 8.13. The van der Waals surface area contributed by atoms with Gasteiger partial charge in [0.2, 0.25) is 0 Å². The number of hydrogen-bond acceptors (Lipinski definition) is 1. The first-order valence-electron chi connectivity index (χ1n) is 8.13. The second-order valence-electron chi connectivity index (χ2n) is 7.63. The first kappa shape index (κ1) is 10.9. The van der Waals surface area contributed by atoms with Crippen molar-refractivity contribution in [3.05, 3.63) is 35.5 Å². The van der Waals surface area contributed by atoms with Crippen molar-refractivity contribution in [2.75, 3.05) is 0 Å². The molecule has 1 saturated heterocycles. The highest BCUT2D eigenvalue weighted by Gasteiger charge is 2.56. The maximum Gasteiger partial charge on any atom is 0.0153 e.